The van der Waals surface area contributed by atoms with Crippen LogP contribution in [0.5, 0.6) is 11.5 Å². The van der Waals surface area contributed by atoms with Crippen molar-refractivity contribution in [3.8, 4) is 11.5 Å². The fourth-order valence-corrected chi connectivity index (χ4v) is 7.57. The van der Waals surface area contributed by atoms with Crippen molar-refractivity contribution in [3.05, 3.63) is 42.1 Å². The van der Waals surface area contributed by atoms with Crippen LogP contribution in [0.4, 0.5) is 10.2 Å². The van der Waals surface area contributed by atoms with Gasteiger partial charge < -0.3 is 19.9 Å². The molecule has 2 N–H and O–H groups in total. The molecule has 1 aliphatic heterocycles. The van der Waals surface area contributed by atoms with Gasteiger partial charge in [-0.25, -0.2) is 27.5 Å². The van der Waals surface area contributed by atoms with E-state index in [4.69, 9.17) is 4.74 Å². The number of halogens is 1. The van der Waals surface area contributed by atoms with E-state index in [0.29, 0.717) is 30.6 Å². The number of hydrogen-bond acceptors (Lipinski definition) is 8. The summed E-state index contributed by atoms with van der Waals surface area (Å²) in [6, 6.07) is 4.09. The Kier molecular flexibility index (Phi) is 11.1. The van der Waals surface area contributed by atoms with Crippen LogP contribution in [0.15, 0.2) is 30.7 Å². The van der Waals surface area contributed by atoms with Gasteiger partial charge >= 0.3 is 0 Å². The minimum Gasteiger partial charge on any atom is -0.451 e. The van der Waals surface area contributed by atoms with Crippen LogP contribution in [0, 0.1) is 11.7 Å². The molecular weight excluding hydrogens is 559 g/mol. The summed E-state index contributed by atoms with van der Waals surface area (Å²) in [6.45, 7) is 11.3. The van der Waals surface area contributed by atoms with Crippen LogP contribution in [0.1, 0.15) is 76.6 Å². The van der Waals surface area contributed by atoms with Crippen molar-refractivity contribution in [1.82, 2.24) is 24.5 Å². The number of carbonyl (C=O) groups is 1. The molecule has 12 heteroatoms. The number of rotatable bonds is 12. The summed E-state index contributed by atoms with van der Waals surface area (Å²) in [6.07, 6.45) is 8.18. The number of sulfonamides is 1. The van der Waals surface area contributed by atoms with E-state index >= 15 is 0 Å². The predicted molar refractivity (Wildman–Crippen MR) is 162 cm³/mol. The Balaban J connectivity index is 1.33. The minimum absolute atomic E-state index is 0.0453. The van der Waals surface area contributed by atoms with Gasteiger partial charge in [0, 0.05) is 44.8 Å². The lowest BCUT2D eigenvalue weighted by Gasteiger charge is -2.36. The molecule has 0 bridgehead atoms. The van der Waals surface area contributed by atoms with Crippen LogP contribution in [0.3, 0.4) is 0 Å². The molecule has 2 heterocycles. The zero-order chi connectivity index (χ0) is 30.3. The van der Waals surface area contributed by atoms with Gasteiger partial charge in [-0.15, -0.1) is 0 Å². The second-order valence-electron chi connectivity index (χ2n) is 11.6. The average molecular weight is 605 g/mol. The Morgan fingerprint density at radius 1 is 1.12 bits per heavy atom. The van der Waals surface area contributed by atoms with E-state index in [1.807, 2.05) is 27.7 Å². The molecule has 232 valence electrons. The quantitative estimate of drug-likeness (QED) is 0.360. The third-order valence-corrected chi connectivity index (χ3v) is 10.4. The van der Waals surface area contributed by atoms with Gasteiger partial charge in [-0.1, -0.05) is 6.92 Å². The monoisotopic (exact) mass is 604 g/mol. The maximum absolute atomic E-state index is 14.2. The maximum atomic E-state index is 14.2. The maximum Gasteiger partial charge on any atom is 0.257 e. The number of anilines is 1. The number of benzene rings is 1. The Morgan fingerprint density at radius 3 is 2.48 bits per heavy atom. The number of piperidine rings is 1. The zero-order valence-electron chi connectivity index (χ0n) is 25.2. The molecule has 0 atom stereocenters. The third kappa shape index (κ3) is 8.17. The number of nitrogens with one attached hydrogen (secondary N) is 2. The van der Waals surface area contributed by atoms with E-state index in [9.17, 15) is 17.6 Å². The van der Waals surface area contributed by atoms with Crippen LogP contribution in [0.2, 0.25) is 0 Å². The van der Waals surface area contributed by atoms with E-state index in [0.717, 1.165) is 58.2 Å². The van der Waals surface area contributed by atoms with Crippen molar-refractivity contribution >= 4 is 21.7 Å². The average Bonchev–Trinajstić information content (AvgIpc) is 2.96. The number of aromatic nitrogens is 2. The van der Waals surface area contributed by atoms with Gasteiger partial charge in [0.2, 0.25) is 10.0 Å². The second kappa shape index (κ2) is 14.6. The molecule has 4 rings (SSSR count). The number of amides is 1. The molecule has 2 aromatic rings. The van der Waals surface area contributed by atoms with E-state index < -0.39 is 15.8 Å². The molecule has 0 radical (unpaired) electrons. The van der Waals surface area contributed by atoms with Crippen LogP contribution in [0.25, 0.3) is 0 Å². The molecule has 1 aliphatic carbocycles. The Morgan fingerprint density at radius 2 is 1.83 bits per heavy atom. The summed E-state index contributed by atoms with van der Waals surface area (Å²) in [5.41, 5.74) is 0.155. The first-order chi connectivity index (χ1) is 20.1. The number of hydrogen-bond donors (Lipinski definition) is 2. The van der Waals surface area contributed by atoms with Gasteiger partial charge in [0.05, 0.1) is 17.0 Å². The number of nitrogens with zero attached hydrogens (tertiary/aromatic N) is 4. The molecule has 42 heavy (non-hydrogen) atoms. The summed E-state index contributed by atoms with van der Waals surface area (Å²) in [7, 11) is -3.20. The molecule has 1 aromatic carbocycles. The van der Waals surface area contributed by atoms with Crippen LogP contribution in [-0.4, -0.2) is 84.2 Å². The van der Waals surface area contributed by atoms with Crippen molar-refractivity contribution in [2.45, 2.75) is 83.6 Å². The van der Waals surface area contributed by atoms with Crippen molar-refractivity contribution in [2.24, 2.45) is 5.92 Å². The van der Waals surface area contributed by atoms with E-state index in [1.54, 1.807) is 11.1 Å². The molecule has 1 amide bonds. The fraction of sp³-hybridized carbons (Fsp3) is 0.633. The van der Waals surface area contributed by atoms with Crippen LogP contribution < -0.4 is 14.8 Å². The summed E-state index contributed by atoms with van der Waals surface area (Å²) >= 11 is 0. The zero-order valence-corrected chi connectivity index (χ0v) is 26.0. The number of likely N-dealkylation sites (tertiary alicyclic amines) is 1. The first-order valence-corrected chi connectivity index (χ1v) is 16.7. The van der Waals surface area contributed by atoms with Gasteiger partial charge in [-0.3, -0.25) is 4.79 Å². The molecule has 1 aromatic heterocycles. The molecule has 1 saturated heterocycles. The number of ether oxygens (including phenoxy) is 1. The van der Waals surface area contributed by atoms with Crippen molar-refractivity contribution in [2.75, 3.05) is 38.0 Å². The molecule has 2 aliphatic rings. The second-order valence-corrected chi connectivity index (χ2v) is 13.6. The van der Waals surface area contributed by atoms with Crippen molar-refractivity contribution < 1.29 is 22.3 Å². The van der Waals surface area contributed by atoms with Crippen LogP contribution in [-0.2, 0) is 10.0 Å². The van der Waals surface area contributed by atoms with Gasteiger partial charge in [0.15, 0.2) is 11.6 Å². The van der Waals surface area contributed by atoms with Gasteiger partial charge in [-0.05, 0) is 83.4 Å². The normalized spacial score (nSPS) is 20.4. The lowest BCUT2D eigenvalue weighted by molar-refractivity contribution is 0.0713. The highest BCUT2D eigenvalue weighted by Crippen LogP contribution is 2.33. The lowest BCUT2D eigenvalue weighted by Crippen LogP contribution is -2.43. The molecular formula is C30H45FN6O4S. The molecule has 0 unspecified atom stereocenters. The van der Waals surface area contributed by atoms with E-state index in [2.05, 4.69) is 24.9 Å². The first kappa shape index (κ1) is 32.1. The fourth-order valence-electron chi connectivity index (χ4n) is 6.04. The summed E-state index contributed by atoms with van der Waals surface area (Å²) in [5.74, 6) is 0.873. The van der Waals surface area contributed by atoms with Crippen molar-refractivity contribution in [3.63, 3.8) is 0 Å². The lowest BCUT2D eigenvalue weighted by atomic mass is 9.88. The SMILES string of the molecule is CCNS(=O)(=O)C1CCC(CN2CCC(Nc3ncncc3Oc3ccc(F)cc3C(=O)N(CC)C(C)C)CC2)CC1. The molecule has 2 fully saturated rings. The highest BCUT2D eigenvalue weighted by Gasteiger charge is 2.32. The Hall–Kier alpha value is -2.83. The summed E-state index contributed by atoms with van der Waals surface area (Å²) in [4.78, 5) is 25.9. The van der Waals surface area contributed by atoms with E-state index in [-0.39, 0.29) is 34.6 Å². The van der Waals surface area contributed by atoms with Crippen LogP contribution >= 0.6 is 0 Å². The van der Waals surface area contributed by atoms with Gasteiger partial charge in [-0.2, -0.15) is 0 Å². The topological polar surface area (TPSA) is 117 Å². The standard InChI is InChI=1S/C30H45FN6O4S/c1-5-34-42(39,40)25-10-7-22(8-11-25)19-36-15-13-24(14-16-36)35-29-28(18-32-20-33-29)41-27-12-9-23(31)17-26(27)30(38)37(6-2)21(3)4/h9,12,17-18,20-22,24-25,34H,5-8,10-11,13-16,19H2,1-4H3,(H,32,33,35). The minimum atomic E-state index is -3.20. The first-order valence-electron chi connectivity index (χ1n) is 15.2. The number of carbonyl (C=O) groups excluding carboxylic acids is 1. The highest BCUT2D eigenvalue weighted by atomic mass is 32.2. The molecule has 0 spiro atoms. The van der Waals surface area contributed by atoms with E-state index in [1.165, 1.54) is 24.5 Å². The smallest absolute Gasteiger partial charge is 0.257 e. The predicted octanol–water partition coefficient (Wildman–Crippen LogP) is 4.65. The molecule has 1 saturated carbocycles. The largest absolute Gasteiger partial charge is 0.451 e. The Bertz CT molecular complexity index is 1290. The highest BCUT2D eigenvalue weighted by molar-refractivity contribution is 7.90. The summed E-state index contributed by atoms with van der Waals surface area (Å²) in [5, 5.41) is 3.23. The van der Waals surface area contributed by atoms with Gasteiger partial charge in [0.25, 0.3) is 5.91 Å². The Labute approximate surface area is 249 Å². The van der Waals surface area contributed by atoms with Gasteiger partial charge in [0.1, 0.15) is 17.9 Å². The third-order valence-electron chi connectivity index (χ3n) is 8.32. The van der Waals surface area contributed by atoms with Crippen molar-refractivity contribution in [1.29, 1.82) is 0 Å². The molecule has 10 nitrogen and oxygen atoms in total. The summed E-state index contributed by atoms with van der Waals surface area (Å²) < 4.78 is 47.7.